The minimum Gasteiger partial charge on any atom is -0.324 e. The maximum absolute atomic E-state index is 6.14. The van der Waals surface area contributed by atoms with E-state index in [1.807, 2.05) is 0 Å². The van der Waals surface area contributed by atoms with Gasteiger partial charge in [-0.05, 0) is 40.3 Å². The number of hydrogen-bond acceptors (Lipinski definition) is 3. The van der Waals surface area contributed by atoms with E-state index in [2.05, 4.69) is 35.2 Å². The second kappa shape index (κ2) is 4.26. The van der Waals surface area contributed by atoms with Crippen molar-refractivity contribution >= 4 is 22.7 Å². The van der Waals surface area contributed by atoms with Gasteiger partial charge in [-0.1, -0.05) is 6.07 Å². The first kappa shape index (κ1) is 9.90. The van der Waals surface area contributed by atoms with Crippen LogP contribution in [-0.4, -0.2) is 0 Å². The Balaban J connectivity index is 2.10. The van der Waals surface area contributed by atoms with Crippen LogP contribution in [0.5, 0.6) is 0 Å². The van der Waals surface area contributed by atoms with Crippen LogP contribution in [0.4, 0.5) is 0 Å². The van der Waals surface area contributed by atoms with E-state index in [0.717, 1.165) is 6.42 Å². The van der Waals surface area contributed by atoms with Gasteiger partial charge >= 0.3 is 0 Å². The SMILES string of the molecule is Cc1cscc1C(N)Cc1cccs1. The van der Waals surface area contributed by atoms with Crippen molar-refractivity contribution < 1.29 is 0 Å². The van der Waals surface area contributed by atoms with Crippen molar-refractivity contribution in [1.29, 1.82) is 0 Å². The van der Waals surface area contributed by atoms with Crippen LogP contribution in [0.2, 0.25) is 0 Å². The van der Waals surface area contributed by atoms with Gasteiger partial charge in [0.15, 0.2) is 0 Å². The maximum Gasteiger partial charge on any atom is 0.0354 e. The summed E-state index contributed by atoms with van der Waals surface area (Å²) in [5.41, 5.74) is 8.76. The Morgan fingerprint density at radius 1 is 1.43 bits per heavy atom. The van der Waals surface area contributed by atoms with Gasteiger partial charge < -0.3 is 5.73 Å². The zero-order chi connectivity index (χ0) is 9.97. The molecule has 1 unspecified atom stereocenters. The van der Waals surface area contributed by atoms with Crippen LogP contribution in [0.15, 0.2) is 28.3 Å². The summed E-state index contributed by atoms with van der Waals surface area (Å²) in [7, 11) is 0. The lowest BCUT2D eigenvalue weighted by molar-refractivity contribution is 0.728. The Bertz CT molecular complexity index is 389. The first-order valence-corrected chi connectivity index (χ1v) is 6.40. The van der Waals surface area contributed by atoms with Crippen LogP contribution in [0, 0.1) is 6.92 Å². The fourth-order valence-electron chi connectivity index (χ4n) is 1.51. The van der Waals surface area contributed by atoms with Crippen LogP contribution < -0.4 is 5.73 Å². The van der Waals surface area contributed by atoms with E-state index in [1.165, 1.54) is 16.0 Å². The predicted molar refractivity (Wildman–Crippen MR) is 64.0 cm³/mol. The van der Waals surface area contributed by atoms with Crippen LogP contribution in [-0.2, 0) is 6.42 Å². The third-order valence-corrected chi connectivity index (χ3v) is 4.07. The molecule has 0 spiro atoms. The zero-order valence-corrected chi connectivity index (χ0v) is 9.70. The quantitative estimate of drug-likeness (QED) is 0.848. The zero-order valence-electron chi connectivity index (χ0n) is 8.07. The van der Waals surface area contributed by atoms with Crippen LogP contribution >= 0.6 is 22.7 Å². The van der Waals surface area contributed by atoms with Crippen molar-refractivity contribution in [3.05, 3.63) is 44.3 Å². The van der Waals surface area contributed by atoms with Crippen molar-refractivity contribution in [2.24, 2.45) is 5.73 Å². The highest BCUT2D eigenvalue weighted by atomic mass is 32.1. The van der Waals surface area contributed by atoms with Crippen LogP contribution in [0.25, 0.3) is 0 Å². The lowest BCUT2D eigenvalue weighted by Crippen LogP contribution is -2.12. The van der Waals surface area contributed by atoms with Gasteiger partial charge in [0, 0.05) is 17.3 Å². The first-order valence-electron chi connectivity index (χ1n) is 4.58. The smallest absolute Gasteiger partial charge is 0.0354 e. The van der Waals surface area contributed by atoms with E-state index in [0.29, 0.717) is 0 Å². The molecule has 3 heteroatoms. The molecule has 0 fully saturated rings. The third-order valence-electron chi connectivity index (χ3n) is 2.30. The van der Waals surface area contributed by atoms with Gasteiger partial charge in [0.05, 0.1) is 0 Å². The summed E-state index contributed by atoms with van der Waals surface area (Å²) < 4.78 is 0. The van der Waals surface area contributed by atoms with Crippen molar-refractivity contribution in [2.45, 2.75) is 19.4 Å². The summed E-state index contributed by atoms with van der Waals surface area (Å²) in [5, 5.41) is 6.42. The Labute approximate surface area is 92.2 Å². The van der Waals surface area contributed by atoms with E-state index in [-0.39, 0.29) is 6.04 Å². The second-order valence-electron chi connectivity index (χ2n) is 3.40. The van der Waals surface area contributed by atoms with Crippen molar-refractivity contribution in [2.75, 3.05) is 0 Å². The van der Waals surface area contributed by atoms with Crippen molar-refractivity contribution in [1.82, 2.24) is 0 Å². The lowest BCUT2D eigenvalue weighted by atomic mass is 10.0. The molecule has 0 aliphatic heterocycles. The van der Waals surface area contributed by atoms with Crippen LogP contribution in [0.3, 0.4) is 0 Å². The molecule has 0 amide bonds. The molecular weight excluding hydrogens is 210 g/mol. The third kappa shape index (κ3) is 2.05. The topological polar surface area (TPSA) is 26.0 Å². The van der Waals surface area contributed by atoms with Gasteiger partial charge in [-0.3, -0.25) is 0 Å². The van der Waals surface area contributed by atoms with Gasteiger partial charge in [0.1, 0.15) is 0 Å². The molecular formula is C11H13NS2. The molecule has 2 aromatic heterocycles. The molecule has 2 N–H and O–H groups in total. The highest BCUT2D eigenvalue weighted by Crippen LogP contribution is 2.24. The maximum atomic E-state index is 6.14. The summed E-state index contributed by atoms with van der Waals surface area (Å²) in [6.07, 6.45) is 0.954. The Morgan fingerprint density at radius 2 is 2.29 bits per heavy atom. The molecule has 2 heterocycles. The number of hydrogen-bond donors (Lipinski definition) is 1. The first-order chi connectivity index (χ1) is 6.77. The minimum atomic E-state index is 0.153. The Morgan fingerprint density at radius 3 is 2.86 bits per heavy atom. The van der Waals surface area contributed by atoms with Crippen LogP contribution in [0.1, 0.15) is 22.0 Å². The molecule has 0 bridgehead atoms. The van der Waals surface area contributed by atoms with Gasteiger partial charge in [-0.25, -0.2) is 0 Å². The average Bonchev–Trinajstić information content (AvgIpc) is 2.75. The summed E-state index contributed by atoms with van der Waals surface area (Å²) in [6, 6.07) is 4.37. The molecule has 2 aromatic rings. The molecule has 0 radical (unpaired) electrons. The Hall–Kier alpha value is -0.640. The normalized spacial score (nSPS) is 13.0. The van der Waals surface area contributed by atoms with E-state index in [4.69, 9.17) is 5.73 Å². The fourth-order valence-corrected chi connectivity index (χ4v) is 3.19. The fraction of sp³-hybridized carbons (Fsp3) is 0.273. The van der Waals surface area contributed by atoms with E-state index < -0.39 is 0 Å². The summed E-state index contributed by atoms with van der Waals surface area (Å²) in [4.78, 5) is 1.36. The van der Waals surface area contributed by atoms with Gasteiger partial charge in [-0.2, -0.15) is 11.3 Å². The standard InChI is InChI=1S/C11H13NS2/c1-8-6-13-7-10(8)11(12)5-9-3-2-4-14-9/h2-4,6-7,11H,5,12H2,1H3. The number of nitrogens with two attached hydrogens (primary N) is 1. The summed E-state index contributed by atoms with van der Waals surface area (Å²) >= 11 is 3.51. The molecule has 14 heavy (non-hydrogen) atoms. The number of rotatable bonds is 3. The van der Waals surface area contributed by atoms with E-state index >= 15 is 0 Å². The largest absolute Gasteiger partial charge is 0.324 e. The van der Waals surface area contributed by atoms with E-state index in [1.54, 1.807) is 22.7 Å². The van der Waals surface area contributed by atoms with Gasteiger partial charge in [-0.15, -0.1) is 11.3 Å². The summed E-state index contributed by atoms with van der Waals surface area (Å²) in [6.45, 7) is 2.13. The monoisotopic (exact) mass is 223 g/mol. The predicted octanol–water partition coefficient (Wildman–Crippen LogP) is 3.36. The molecule has 2 rings (SSSR count). The Kier molecular flexibility index (Phi) is 3.01. The van der Waals surface area contributed by atoms with Crippen molar-refractivity contribution in [3.8, 4) is 0 Å². The molecule has 1 atom stereocenters. The number of aryl methyl sites for hydroxylation is 1. The van der Waals surface area contributed by atoms with Gasteiger partial charge in [0.25, 0.3) is 0 Å². The molecule has 0 saturated carbocycles. The average molecular weight is 223 g/mol. The van der Waals surface area contributed by atoms with Crippen molar-refractivity contribution in [3.63, 3.8) is 0 Å². The highest BCUT2D eigenvalue weighted by molar-refractivity contribution is 7.10. The van der Waals surface area contributed by atoms with Gasteiger partial charge in [0.2, 0.25) is 0 Å². The molecule has 1 nitrogen and oxygen atoms in total. The second-order valence-corrected chi connectivity index (χ2v) is 5.18. The molecule has 0 saturated heterocycles. The summed E-state index contributed by atoms with van der Waals surface area (Å²) in [5.74, 6) is 0. The molecule has 74 valence electrons. The highest BCUT2D eigenvalue weighted by Gasteiger charge is 2.10. The van der Waals surface area contributed by atoms with E-state index in [9.17, 15) is 0 Å². The molecule has 0 aromatic carbocycles. The number of thiophene rings is 2. The minimum absolute atomic E-state index is 0.153. The molecule has 0 aliphatic carbocycles. The molecule has 0 aliphatic rings. The lowest BCUT2D eigenvalue weighted by Gasteiger charge is -2.09.